The number of amidine groups is 1. The highest BCUT2D eigenvalue weighted by molar-refractivity contribution is 6.30. The molecule has 0 spiro atoms. The van der Waals surface area contributed by atoms with Gasteiger partial charge in [0.05, 0.1) is 0 Å². The molecule has 0 bridgehead atoms. The summed E-state index contributed by atoms with van der Waals surface area (Å²) in [6.45, 7) is 0.0946. The Morgan fingerprint density at radius 2 is 2.40 bits per heavy atom. The third kappa shape index (κ3) is 2.20. The van der Waals surface area contributed by atoms with E-state index in [2.05, 4.69) is 4.99 Å². The van der Waals surface area contributed by atoms with E-state index in [1.807, 2.05) is 0 Å². The molecule has 0 saturated heterocycles. The monoisotopic (exact) mass is 231 g/mol. The number of halogens is 1. The van der Waals surface area contributed by atoms with Gasteiger partial charge in [-0.05, 0) is 30.3 Å². The molecule has 2 aliphatic rings. The van der Waals surface area contributed by atoms with Gasteiger partial charge in [0.15, 0.2) is 5.03 Å². The Morgan fingerprint density at radius 1 is 1.67 bits per heavy atom. The molecule has 15 heavy (non-hydrogen) atoms. The highest BCUT2D eigenvalue weighted by Gasteiger charge is 2.31. The number of hydrogen-bond acceptors (Lipinski definition) is 4. The summed E-state index contributed by atoms with van der Waals surface area (Å²) in [6, 6.07) is -0.00259. The molecule has 0 atom stereocenters. The van der Waals surface area contributed by atoms with Crippen LogP contribution in [0.1, 0.15) is 19.3 Å². The van der Waals surface area contributed by atoms with Gasteiger partial charge in [0.1, 0.15) is 17.8 Å². The van der Waals surface area contributed by atoms with Gasteiger partial charge in [-0.1, -0.05) is 11.6 Å². The first kappa shape index (κ1) is 10.2. The number of nitrogens with zero attached hydrogens (tertiary/aromatic N) is 3. The van der Waals surface area contributed by atoms with Crippen molar-refractivity contribution in [1.29, 1.82) is 0 Å². The van der Waals surface area contributed by atoms with Crippen LogP contribution in [0.15, 0.2) is 16.2 Å². The largest absolute Gasteiger partial charge is 0.458 e. The first-order valence-corrected chi connectivity index (χ1v) is 5.07. The van der Waals surface area contributed by atoms with Crippen LogP contribution in [-0.2, 0) is 4.74 Å². The van der Waals surface area contributed by atoms with Crippen LogP contribution in [0, 0.1) is 10.1 Å². The van der Waals surface area contributed by atoms with Crippen molar-refractivity contribution in [2.24, 2.45) is 4.99 Å². The second-order valence-electron chi connectivity index (χ2n) is 3.41. The van der Waals surface area contributed by atoms with E-state index in [-0.39, 0.29) is 23.8 Å². The van der Waals surface area contributed by atoms with Gasteiger partial charge in [-0.25, -0.2) is 10.1 Å². The van der Waals surface area contributed by atoms with Crippen molar-refractivity contribution in [2.75, 3.05) is 6.54 Å². The van der Waals surface area contributed by atoms with Crippen molar-refractivity contribution >= 4 is 17.6 Å². The second-order valence-corrected chi connectivity index (χ2v) is 3.80. The Balaban J connectivity index is 2.07. The Labute approximate surface area is 91.3 Å². The summed E-state index contributed by atoms with van der Waals surface area (Å²) in [5.41, 5.74) is 0. The van der Waals surface area contributed by atoms with Gasteiger partial charge < -0.3 is 4.74 Å². The van der Waals surface area contributed by atoms with Crippen LogP contribution in [0.2, 0.25) is 0 Å². The van der Waals surface area contributed by atoms with Gasteiger partial charge >= 0.3 is 6.02 Å². The van der Waals surface area contributed by atoms with E-state index >= 15 is 0 Å². The van der Waals surface area contributed by atoms with Crippen molar-refractivity contribution < 1.29 is 9.77 Å². The zero-order chi connectivity index (χ0) is 10.8. The number of hydrazine groups is 1. The maximum absolute atomic E-state index is 10.7. The summed E-state index contributed by atoms with van der Waals surface area (Å²) in [4.78, 5) is 14.5. The fraction of sp³-hybridized carbons (Fsp3) is 0.625. The summed E-state index contributed by atoms with van der Waals surface area (Å²) in [6.07, 6.45) is 4.46. The SMILES string of the molecule is O=[N+]([O-])N1CC=C(Cl)N=C1OC1CCC1. The molecular formula is C8H10ClN3O3. The van der Waals surface area contributed by atoms with Gasteiger partial charge in [0.2, 0.25) is 0 Å². The molecule has 1 fully saturated rings. The minimum Gasteiger partial charge on any atom is -0.458 e. The molecular weight excluding hydrogens is 222 g/mol. The lowest BCUT2D eigenvalue weighted by molar-refractivity contribution is -0.630. The number of ether oxygens (including phenoxy) is 1. The van der Waals surface area contributed by atoms with Crippen LogP contribution in [0.5, 0.6) is 0 Å². The predicted molar refractivity (Wildman–Crippen MR) is 53.8 cm³/mol. The Morgan fingerprint density at radius 3 is 2.93 bits per heavy atom. The molecule has 0 unspecified atom stereocenters. The van der Waals surface area contributed by atoms with E-state index in [9.17, 15) is 10.1 Å². The van der Waals surface area contributed by atoms with E-state index in [0.29, 0.717) is 0 Å². The van der Waals surface area contributed by atoms with Gasteiger partial charge in [-0.15, -0.1) is 0 Å². The highest BCUT2D eigenvalue weighted by Crippen LogP contribution is 2.24. The van der Waals surface area contributed by atoms with Gasteiger partial charge in [0, 0.05) is 0 Å². The first-order chi connectivity index (χ1) is 7.16. The molecule has 1 aliphatic carbocycles. The summed E-state index contributed by atoms with van der Waals surface area (Å²) >= 11 is 5.67. The Kier molecular flexibility index (Phi) is 2.77. The van der Waals surface area contributed by atoms with Crippen LogP contribution in [0.3, 0.4) is 0 Å². The maximum atomic E-state index is 10.7. The number of nitro groups is 1. The van der Waals surface area contributed by atoms with Crippen LogP contribution < -0.4 is 0 Å². The molecule has 0 aromatic heterocycles. The first-order valence-electron chi connectivity index (χ1n) is 4.69. The molecule has 82 valence electrons. The van der Waals surface area contributed by atoms with E-state index < -0.39 is 5.03 Å². The molecule has 0 radical (unpaired) electrons. The van der Waals surface area contributed by atoms with Crippen molar-refractivity contribution in [1.82, 2.24) is 5.01 Å². The average molecular weight is 232 g/mol. The lowest BCUT2D eigenvalue weighted by Crippen LogP contribution is -2.42. The number of aliphatic imine (C=N–C) groups is 1. The van der Waals surface area contributed by atoms with E-state index in [1.165, 1.54) is 6.08 Å². The number of rotatable bonds is 2. The third-order valence-corrected chi connectivity index (χ3v) is 2.62. The van der Waals surface area contributed by atoms with Gasteiger partial charge in [-0.2, -0.15) is 4.99 Å². The third-order valence-electron chi connectivity index (χ3n) is 2.38. The standard InChI is InChI=1S/C8H10ClN3O3/c9-7-4-5-11(12(13)14)8(10-7)15-6-2-1-3-6/h4,6H,1-3,5H2. The fourth-order valence-corrected chi connectivity index (χ4v) is 1.44. The topological polar surface area (TPSA) is 68.0 Å². The lowest BCUT2D eigenvalue weighted by atomic mass is 9.96. The van der Waals surface area contributed by atoms with E-state index in [4.69, 9.17) is 16.3 Å². The Hall–Kier alpha value is -1.30. The number of hydrogen-bond donors (Lipinski definition) is 0. The van der Waals surface area contributed by atoms with Crippen LogP contribution in [0.4, 0.5) is 0 Å². The molecule has 0 amide bonds. The summed E-state index contributed by atoms with van der Waals surface area (Å²) in [7, 11) is 0. The summed E-state index contributed by atoms with van der Waals surface area (Å²) < 4.78 is 5.38. The van der Waals surface area contributed by atoms with Crippen molar-refractivity contribution in [3.63, 3.8) is 0 Å². The molecule has 1 saturated carbocycles. The van der Waals surface area contributed by atoms with Crippen molar-refractivity contribution in [2.45, 2.75) is 25.4 Å². The quantitative estimate of drug-likeness (QED) is 0.410. The minimum absolute atomic E-state index is 0.00259. The second kappa shape index (κ2) is 4.06. The molecule has 6 nitrogen and oxygen atoms in total. The average Bonchev–Trinajstić information content (AvgIpc) is 2.11. The molecule has 0 aromatic rings. The van der Waals surface area contributed by atoms with Crippen LogP contribution in [-0.4, -0.2) is 28.7 Å². The molecule has 0 N–H and O–H groups in total. The molecule has 7 heteroatoms. The zero-order valence-electron chi connectivity index (χ0n) is 7.93. The molecule has 1 heterocycles. The van der Waals surface area contributed by atoms with Crippen molar-refractivity contribution in [3.8, 4) is 0 Å². The highest BCUT2D eigenvalue weighted by atomic mass is 35.5. The van der Waals surface area contributed by atoms with E-state index in [0.717, 1.165) is 24.3 Å². The van der Waals surface area contributed by atoms with Gasteiger partial charge in [0.25, 0.3) is 0 Å². The zero-order valence-corrected chi connectivity index (χ0v) is 8.68. The van der Waals surface area contributed by atoms with Crippen LogP contribution >= 0.6 is 11.6 Å². The minimum atomic E-state index is -0.544. The fourth-order valence-electron chi connectivity index (χ4n) is 1.30. The van der Waals surface area contributed by atoms with Crippen molar-refractivity contribution in [3.05, 3.63) is 21.3 Å². The Bertz CT molecular complexity index is 338. The lowest BCUT2D eigenvalue weighted by Gasteiger charge is -2.28. The molecule has 0 aromatic carbocycles. The smallest absolute Gasteiger partial charge is 0.354 e. The summed E-state index contributed by atoms with van der Waals surface area (Å²) in [5.74, 6) is 0. The summed E-state index contributed by atoms with van der Waals surface area (Å²) in [5, 5.41) is 11.2. The molecule has 1 aliphatic heterocycles. The predicted octanol–water partition coefficient (Wildman–Crippen LogP) is 1.50. The van der Waals surface area contributed by atoms with E-state index in [1.54, 1.807) is 0 Å². The van der Waals surface area contributed by atoms with Gasteiger partial charge in [-0.3, -0.25) is 0 Å². The molecule has 2 rings (SSSR count). The maximum Gasteiger partial charge on any atom is 0.354 e. The van der Waals surface area contributed by atoms with Crippen LogP contribution in [0.25, 0.3) is 0 Å². The normalized spacial score (nSPS) is 21.5.